The molecule has 0 aromatic heterocycles. The highest BCUT2D eigenvalue weighted by atomic mass is 16.6. The summed E-state index contributed by atoms with van der Waals surface area (Å²) >= 11 is 0. The Balaban J connectivity index is 0.817. The van der Waals surface area contributed by atoms with Crippen molar-refractivity contribution >= 4 is 71.8 Å². The predicted octanol–water partition coefficient (Wildman–Crippen LogP) is 21.1. The van der Waals surface area contributed by atoms with Gasteiger partial charge in [-0.1, -0.05) is 198 Å². The molecule has 114 heavy (non-hydrogen) atoms. The molecule has 0 aliphatic carbocycles. The molecule has 0 N–H and O–H groups in total. The molecule has 0 spiro atoms. The zero-order valence-corrected chi connectivity index (χ0v) is 68.2. The first-order valence-corrected chi connectivity index (χ1v) is 40.9. The van der Waals surface area contributed by atoms with Crippen molar-refractivity contribution in [3.8, 4) is 23.0 Å². The van der Waals surface area contributed by atoms with Crippen LogP contribution in [0.4, 0.5) is 0 Å². The molecule has 6 aromatic carbocycles. The molecular formula is C94H118O20. The summed E-state index contributed by atoms with van der Waals surface area (Å²) in [6, 6.07) is 35.4. The number of benzene rings is 6. The average molecular weight is 1570 g/mol. The van der Waals surface area contributed by atoms with E-state index in [-0.39, 0.29) is 70.4 Å². The Bertz CT molecular complexity index is 4080. The smallest absolute Gasteiger partial charge is 0.343 e. The van der Waals surface area contributed by atoms with E-state index in [1.54, 1.807) is 84.9 Å². The first-order chi connectivity index (χ1) is 55.1. The predicted molar refractivity (Wildman–Crippen MR) is 439 cm³/mol. The summed E-state index contributed by atoms with van der Waals surface area (Å²) in [5.74, 6) is -5.57. The van der Waals surface area contributed by atoms with Crippen molar-refractivity contribution in [3.63, 3.8) is 0 Å². The minimum absolute atomic E-state index is 0.0389. The van der Waals surface area contributed by atoms with Crippen molar-refractivity contribution in [2.24, 2.45) is 10.8 Å². The summed E-state index contributed by atoms with van der Waals surface area (Å²) in [4.78, 5) is 130. The molecule has 0 saturated heterocycles. The van der Waals surface area contributed by atoms with E-state index in [1.807, 2.05) is 45.0 Å². The van der Waals surface area contributed by atoms with Crippen molar-refractivity contribution in [3.05, 3.63) is 201 Å². The van der Waals surface area contributed by atoms with E-state index in [0.29, 0.717) is 80.4 Å². The lowest BCUT2D eigenvalue weighted by Crippen LogP contribution is -2.33. The van der Waals surface area contributed by atoms with Crippen molar-refractivity contribution in [2.45, 2.75) is 234 Å². The molecule has 0 amide bonds. The van der Waals surface area contributed by atoms with Crippen LogP contribution in [0.1, 0.15) is 306 Å². The third-order valence-corrected chi connectivity index (χ3v) is 20.2. The fourth-order valence-corrected chi connectivity index (χ4v) is 12.9. The average Bonchev–Trinajstić information content (AvgIpc) is 0.830. The molecule has 0 radical (unpaired) electrons. The molecule has 0 saturated carbocycles. The molecule has 0 bridgehead atoms. The number of aryl methyl sites for hydroxylation is 2. The van der Waals surface area contributed by atoms with E-state index >= 15 is 0 Å². The number of esters is 10. The molecule has 2 unspecified atom stereocenters. The van der Waals surface area contributed by atoms with Crippen LogP contribution in [0.5, 0.6) is 23.0 Å². The second-order valence-corrected chi connectivity index (χ2v) is 29.4. The van der Waals surface area contributed by atoms with E-state index in [2.05, 4.69) is 30.2 Å². The van der Waals surface area contributed by atoms with Gasteiger partial charge in [-0.15, -0.1) is 0 Å². The van der Waals surface area contributed by atoms with Crippen LogP contribution in [-0.2, 0) is 60.4 Å². The van der Waals surface area contributed by atoms with Gasteiger partial charge in [0, 0.05) is 12.2 Å². The molecule has 0 aliphatic rings. The molecule has 6 rings (SSSR count). The maximum absolute atomic E-state index is 13.7. The Morgan fingerprint density at radius 2 is 0.658 bits per heavy atom. The molecule has 2 atom stereocenters. The SMILES string of the molecule is CCCCCc1ccc(C(=O)Oc2ccc(OC(=O)c3ccc(/C=C/C(=O)OC)cc3)cc2C(=O)OCCCCCCCCCCCOC(=O)C(C)(CC)CCCC(C)(CCC)C(=O)OCCCCCCCCCCCOC(=O)c2cc(OC(=O)c3ccc(/C=C/C(=O)OC)cc3)ccc2OC(=O)c2ccc(CCC)cc2)cc1. The Morgan fingerprint density at radius 1 is 0.316 bits per heavy atom. The normalized spacial score (nSPS) is 12.2. The molecule has 614 valence electrons. The van der Waals surface area contributed by atoms with Gasteiger partial charge >= 0.3 is 59.7 Å². The summed E-state index contributed by atoms with van der Waals surface area (Å²) in [6.45, 7) is 13.2. The van der Waals surface area contributed by atoms with Gasteiger partial charge in [-0.25, -0.2) is 38.4 Å². The fraction of sp³-hybridized carbons (Fsp3) is 0.468. The highest BCUT2D eigenvalue weighted by molar-refractivity contribution is 5.99. The van der Waals surface area contributed by atoms with Crippen LogP contribution in [0, 0.1) is 10.8 Å². The standard InChI is InChI=1S/C94H118O20/c1-9-13-28-35-70-38-48-76(49-39-70)88(100)114-82-57-55-78(112-86(98)74-52-42-72(43-53-74)45-59-84(96)106-8)68-80(82)90(102)108-64-29-24-20-16-14-18-22-26-31-65-109-91(103)93(5,12-4)61-33-62-94(6,60-11-3)92(104)110-66-32-27-23-19-15-17-21-25-30-63-107-89(101)79-67-77(111-85(97)73-50-40-71(41-51-73)44-58-83(95)105-7)54-56-81(79)113-87(99)75-46-36-69(34-10-2)37-47-75/h36-59,67-68H,9-35,60-66H2,1-8H3/b58-44+,59-45+. The topological polar surface area (TPSA) is 263 Å². The molecule has 20 heteroatoms. The minimum Gasteiger partial charge on any atom is -0.466 e. The lowest BCUT2D eigenvalue weighted by molar-refractivity contribution is -0.157. The van der Waals surface area contributed by atoms with Crippen molar-refractivity contribution in [2.75, 3.05) is 40.6 Å². The van der Waals surface area contributed by atoms with Crippen LogP contribution in [-0.4, -0.2) is 100 Å². The van der Waals surface area contributed by atoms with Crippen molar-refractivity contribution < 1.29 is 95.3 Å². The van der Waals surface area contributed by atoms with E-state index in [0.717, 1.165) is 159 Å². The number of unbranched alkanes of at least 4 members (excludes halogenated alkanes) is 18. The molecule has 6 aromatic rings. The maximum Gasteiger partial charge on any atom is 0.343 e. The van der Waals surface area contributed by atoms with Gasteiger partial charge in [0.15, 0.2) is 0 Å². The zero-order valence-electron chi connectivity index (χ0n) is 68.2. The van der Waals surface area contributed by atoms with Gasteiger partial charge < -0.3 is 47.4 Å². The van der Waals surface area contributed by atoms with Crippen LogP contribution < -0.4 is 18.9 Å². The monoisotopic (exact) mass is 1570 g/mol. The largest absolute Gasteiger partial charge is 0.466 e. The van der Waals surface area contributed by atoms with Crippen LogP contribution >= 0.6 is 0 Å². The van der Waals surface area contributed by atoms with Gasteiger partial charge in [0.05, 0.1) is 73.7 Å². The second-order valence-electron chi connectivity index (χ2n) is 29.4. The van der Waals surface area contributed by atoms with Crippen LogP contribution in [0.25, 0.3) is 12.2 Å². The highest BCUT2D eigenvalue weighted by Gasteiger charge is 2.37. The Kier molecular flexibility index (Phi) is 41.6. The Morgan fingerprint density at radius 3 is 1.02 bits per heavy atom. The first-order valence-electron chi connectivity index (χ1n) is 40.9. The van der Waals surface area contributed by atoms with Gasteiger partial charge in [-0.05, 0) is 204 Å². The van der Waals surface area contributed by atoms with E-state index < -0.39 is 58.6 Å². The van der Waals surface area contributed by atoms with Crippen LogP contribution in [0.2, 0.25) is 0 Å². The number of methoxy groups -OCH3 is 2. The quantitative estimate of drug-likeness (QED) is 0.0113. The zero-order chi connectivity index (χ0) is 82.4. The van der Waals surface area contributed by atoms with Gasteiger partial charge in [0.1, 0.15) is 34.1 Å². The lowest BCUT2D eigenvalue weighted by atomic mass is 9.76. The third kappa shape index (κ3) is 32.9. The summed E-state index contributed by atoms with van der Waals surface area (Å²) in [5, 5.41) is 0. The van der Waals surface area contributed by atoms with Crippen molar-refractivity contribution in [1.29, 1.82) is 0 Å². The first kappa shape index (κ1) is 92.4. The molecule has 0 fully saturated rings. The highest BCUT2D eigenvalue weighted by Crippen LogP contribution is 2.37. The third-order valence-electron chi connectivity index (χ3n) is 20.2. The number of hydrogen-bond acceptors (Lipinski definition) is 20. The minimum atomic E-state index is -0.733. The number of hydrogen-bond donors (Lipinski definition) is 0. The van der Waals surface area contributed by atoms with E-state index in [1.165, 1.54) is 62.8 Å². The van der Waals surface area contributed by atoms with E-state index in [4.69, 9.17) is 37.9 Å². The second kappa shape index (κ2) is 51.3. The summed E-state index contributed by atoms with van der Waals surface area (Å²) in [5.41, 5.74) is 3.13. The number of ether oxygens (including phenoxy) is 10. The number of carbonyl (C=O) groups excluding carboxylic acids is 10. The summed E-state index contributed by atoms with van der Waals surface area (Å²) < 4.78 is 55.2. The van der Waals surface area contributed by atoms with E-state index in [9.17, 15) is 47.9 Å². The van der Waals surface area contributed by atoms with Gasteiger partial charge in [-0.3, -0.25) is 9.59 Å². The molecule has 20 nitrogen and oxygen atoms in total. The fourth-order valence-electron chi connectivity index (χ4n) is 12.9. The summed E-state index contributed by atoms with van der Waals surface area (Å²) in [7, 11) is 2.56. The van der Waals surface area contributed by atoms with Gasteiger partial charge in [-0.2, -0.15) is 0 Å². The number of rotatable bonds is 53. The molecule has 0 heterocycles. The lowest BCUT2D eigenvalue weighted by Gasteiger charge is -2.30. The number of carbonyl (C=O) groups is 10. The molecule has 0 aliphatic heterocycles. The Hall–Kier alpha value is -10.5. The molecular weight excluding hydrogens is 1450 g/mol. The maximum atomic E-state index is 13.7. The van der Waals surface area contributed by atoms with Crippen LogP contribution in [0.15, 0.2) is 146 Å². The van der Waals surface area contributed by atoms with Crippen LogP contribution in [0.3, 0.4) is 0 Å². The Labute approximate surface area is 673 Å². The summed E-state index contributed by atoms with van der Waals surface area (Å²) in [6.07, 6.45) is 32.2. The van der Waals surface area contributed by atoms with Gasteiger partial charge in [0.25, 0.3) is 0 Å². The van der Waals surface area contributed by atoms with Gasteiger partial charge in [0.2, 0.25) is 0 Å². The van der Waals surface area contributed by atoms with Crippen molar-refractivity contribution in [1.82, 2.24) is 0 Å².